The van der Waals surface area contributed by atoms with Crippen molar-refractivity contribution >= 4 is 22.6 Å². The highest BCUT2D eigenvalue weighted by Gasteiger charge is 2.24. The number of nitrogens with one attached hydrogen (secondary N) is 1. The van der Waals surface area contributed by atoms with Crippen molar-refractivity contribution in [3.05, 3.63) is 70.4 Å². The first-order chi connectivity index (χ1) is 12.6. The lowest BCUT2D eigenvalue weighted by atomic mass is 10.1. The third-order valence-electron chi connectivity index (χ3n) is 4.58. The van der Waals surface area contributed by atoms with Crippen molar-refractivity contribution in [1.29, 1.82) is 0 Å². The summed E-state index contributed by atoms with van der Waals surface area (Å²) in [5.41, 5.74) is 0.309. The summed E-state index contributed by atoms with van der Waals surface area (Å²) in [4.78, 5) is 35.6. The molecule has 1 N–H and O–H groups in total. The van der Waals surface area contributed by atoms with E-state index in [-0.39, 0.29) is 17.0 Å². The minimum atomic E-state index is -0.446. The van der Waals surface area contributed by atoms with Crippen LogP contribution in [0.5, 0.6) is 0 Å². The molecule has 3 aromatic rings. The van der Waals surface area contributed by atoms with E-state index < -0.39 is 5.82 Å². The number of halogens is 1. The summed E-state index contributed by atoms with van der Waals surface area (Å²) in [7, 11) is 0. The molecule has 6 nitrogen and oxygen atoms in total. The highest BCUT2D eigenvalue weighted by atomic mass is 19.1. The molecule has 7 heteroatoms. The molecule has 0 aliphatic carbocycles. The van der Waals surface area contributed by atoms with Gasteiger partial charge in [-0.1, -0.05) is 6.07 Å². The Bertz CT molecular complexity index is 1010. The van der Waals surface area contributed by atoms with Crippen molar-refractivity contribution in [2.75, 3.05) is 31.1 Å². The van der Waals surface area contributed by atoms with E-state index in [1.165, 1.54) is 24.3 Å². The van der Waals surface area contributed by atoms with Crippen LogP contribution in [-0.4, -0.2) is 47.0 Å². The Labute approximate surface area is 148 Å². The summed E-state index contributed by atoms with van der Waals surface area (Å²) in [6.07, 6.45) is 1.74. The van der Waals surface area contributed by atoms with Crippen LogP contribution in [0.4, 0.5) is 10.2 Å². The molecule has 1 aliphatic heterocycles. The van der Waals surface area contributed by atoms with Crippen LogP contribution in [0.25, 0.3) is 10.9 Å². The maximum absolute atomic E-state index is 13.6. The summed E-state index contributed by atoms with van der Waals surface area (Å²) in [5.74, 6) is 0.175. The van der Waals surface area contributed by atoms with E-state index in [0.29, 0.717) is 37.1 Å². The number of anilines is 1. The van der Waals surface area contributed by atoms with Crippen LogP contribution >= 0.6 is 0 Å². The van der Waals surface area contributed by atoms with Gasteiger partial charge in [0.15, 0.2) is 0 Å². The van der Waals surface area contributed by atoms with Crippen LogP contribution in [0.3, 0.4) is 0 Å². The smallest absolute Gasteiger partial charge is 0.254 e. The summed E-state index contributed by atoms with van der Waals surface area (Å²) >= 11 is 0. The Morgan fingerprint density at radius 2 is 1.88 bits per heavy atom. The van der Waals surface area contributed by atoms with Gasteiger partial charge in [-0.15, -0.1) is 0 Å². The Morgan fingerprint density at radius 3 is 2.62 bits per heavy atom. The van der Waals surface area contributed by atoms with Crippen molar-refractivity contribution in [2.24, 2.45) is 0 Å². The number of nitrogens with zero attached hydrogens (tertiary/aromatic N) is 3. The number of pyridine rings is 2. The molecule has 0 atom stereocenters. The van der Waals surface area contributed by atoms with E-state index >= 15 is 0 Å². The zero-order valence-corrected chi connectivity index (χ0v) is 14.0. The van der Waals surface area contributed by atoms with Gasteiger partial charge in [0.2, 0.25) is 5.56 Å². The summed E-state index contributed by atoms with van der Waals surface area (Å²) in [6.45, 7) is 2.33. The van der Waals surface area contributed by atoms with Crippen LogP contribution in [-0.2, 0) is 0 Å². The molecular weight excluding hydrogens is 335 g/mol. The lowest BCUT2D eigenvalue weighted by Crippen LogP contribution is -2.49. The molecule has 0 saturated carbocycles. The molecule has 26 heavy (non-hydrogen) atoms. The predicted molar refractivity (Wildman–Crippen MR) is 96.9 cm³/mol. The zero-order valence-electron chi connectivity index (χ0n) is 14.0. The molecule has 0 unspecified atom stereocenters. The number of fused-ring (bicyclic) bond motifs is 1. The number of benzene rings is 1. The van der Waals surface area contributed by atoms with Gasteiger partial charge in [-0.3, -0.25) is 9.59 Å². The molecule has 4 rings (SSSR count). The van der Waals surface area contributed by atoms with Gasteiger partial charge in [0.25, 0.3) is 5.91 Å². The number of hydrogen-bond acceptors (Lipinski definition) is 4. The fourth-order valence-corrected chi connectivity index (χ4v) is 3.25. The molecule has 0 radical (unpaired) electrons. The molecule has 2 aromatic heterocycles. The number of aromatic amines is 1. The number of amides is 1. The van der Waals surface area contributed by atoms with Gasteiger partial charge in [-0.2, -0.15) is 0 Å². The second-order valence-corrected chi connectivity index (χ2v) is 6.20. The normalized spacial score (nSPS) is 14.7. The number of H-pyrrole nitrogens is 1. The van der Waals surface area contributed by atoms with Crippen molar-refractivity contribution < 1.29 is 9.18 Å². The summed E-state index contributed by atoms with van der Waals surface area (Å²) in [6, 6.07) is 11.0. The molecule has 1 aromatic carbocycles. The third kappa shape index (κ3) is 3.03. The van der Waals surface area contributed by atoms with Gasteiger partial charge in [0.05, 0.1) is 5.56 Å². The Morgan fingerprint density at radius 1 is 1.08 bits per heavy atom. The third-order valence-corrected chi connectivity index (χ3v) is 4.58. The summed E-state index contributed by atoms with van der Waals surface area (Å²) in [5, 5.41) is 0.418. The van der Waals surface area contributed by atoms with Gasteiger partial charge in [-0.25, -0.2) is 9.37 Å². The number of aromatic nitrogens is 2. The second-order valence-electron chi connectivity index (χ2n) is 6.20. The van der Waals surface area contributed by atoms with E-state index in [1.54, 1.807) is 11.1 Å². The molecule has 1 aliphatic rings. The fourth-order valence-electron chi connectivity index (χ4n) is 3.25. The average molecular weight is 352 g/mol. The van der Waals surface area contributed by atoms with Crippen molar-refractivity contribution in [1.82, 2.24) is 14.9 Å². The largest absolute Gasteiger partial charge is 0.353 e. The van der Waals surface area contributed by atoms with Gasteiger partial charge < -0.3 is 14.8 Å². The monoisotopic (exact) mass is 352 g/mol. The van der Waals surface area contributed by atoms with E-state index in [1.807, 2.05) is 18.2 Å². The van der Waals surface area contributed by atoms with Crippen LogP contribution in [0.15, 0.2) is 53.5 Å². The zero-order chi connectivity index (χ0) is 18.1. The molecule has 3 heterocycles. The maximum atomic E-state index is 13.6. The number of piperazine rings is 1. The molecule has 0 spiro atoms. The fraction of sp³-hybridized carbons (Fsp3) is 0.211. The van der Waals surface area contributed by atoms with Crippen molar-refractivity contribution in [3.63, 3.8) is 0 Å². The predicted octanol–water partition coefficient (Wildman–Crippen LogP) is 2.02. The van der Waals surface area contributed by atoms with Crippen LogP contribution in [0.1, 0.15) is 10.4 Å². The Hall–Kier alpha value is -3.22. The number of carbonyl (C=O) groups is 1. The lowest BCUT2D eigenvalue weighted by molar-refractivity contribution is 0.0748. The van der Waals surface area contributed by atoms with Gasteiger partial charge >= 0.3 is 0 Å². The van der Waals surface area contributed by atoms with Crippen molar-refractivity contribution in [2.45, 2.75) is 0 Å². The molecule has 1 fully saturated rings. The first-order valence-electron chi connectivity index (χ1n) is 8.40. The number of carbonyl (C=O) groups excluding carboxylic acids is 1. The van der Waals surface area contributed by atoms with Crippen LogP contribution in [0, 0.1) is 5.82 Å². The first-order valence-corrected chi connectivity index (χ1v) is 8.40. The van der Waals surface area contributed by atoms with Crippen LogP contribution in [0.2, 0.25) is 0 Å². The quantitative estimate of drug-likeness (QED) is 0.766. The van der Waals surface area contributed by atoms with E-state index in [2.05, 4.69) is 14.9 Å². The van der Waals surface area contributed by atoms with Gasteiger partial charge in [0, 0.05) is 49.3 Å². The SMILES string of the molecule is O=C(c1cc(=O)[nH]c2ccc(F)cc12)N1CCN(c2ccccn2)CC1. The number of rotatable bonds is 2. The lowest BCUT2D eigenvalue weighted by Gasteiger charge is -2.35. The van der Waals surface area contributed by atoms with E-state index in [0.717, 1.165) is 5.82 Å². The average Bonchev–Trinajstić information content (AvgIpc) is 2.68. The second kappa shape index (κ2) is 6.59. The Balaban J connectivity index is 1.58. The highest BCUT2D eigenvalue weighted by molar-refractivity contribution is 6.06. The van der Waals surface area contributed by atoms with E-state index in [9.17, 15) is 14.0 Å². The number of hydrogen-bond donors (Lipinski definition) is 1. The standard InChI is InChI=1S/C19H17FN4O2/c20-13-4-5-16-14(11-13)15(12-18(25)22-16)19(26)24-9-7-23(8-10-24)17-3-1-2-6-21-17/h1-6,11-12H,7-10H2,(H,22,25). The highest BCUT2D eigenvalue weighted by Crippen LogP contribution is 2.20. The maximum Gasteiger partial charge on any atom is 0.254 e. The molecule has 1 saturated heterocycles. The molecule has 0 bridgehead atoms. The van der Waals surface area contributed by atoms with Crippen molar-refractivity contribution in [3.8, 4) is 0 Å². The van der Waals surface area contributed by atoms with E-state index in [4.69, 9.17) is 0 Å². The molecular formula is C19H17FN4O2. The first kappa shape index (κ1) is 16.3. The molecule has 1 amide bonds. The summed E-state index contributed by atoms with van der Waals surface area (Å²) < 4.78 is 13.6. The molecule has 132 valence electrons. The van der Waals surface area contributed by atoms with Gasteiger partial charge in [0.1, 0.15) is 11.6 Å². The van der Waals surface area contributed by atoms with Crippen LogP contribution < -0.4 is 10.5 Å². The topological polar surface area (TPSA) is 69.3 Å². The minimum Gasteiger partial charge on any atom is -0.353 e. The van der Waals surface area contributed by atoms with Gasteiger partial charge in [-0.05, 0) is 30.3 Å². The Kier molecular flexibility index (Phi) is 4.12. The minimum absolute atomic E-state index is 0.231.